The molecule has 2 unspecified atom stereocenters. The van der Waals surface area contributed by atoms with Crippen molar-refractivity contribution in [2.45, 2.75) is 58.9 Å². The quantitative estimate of drug-likeness (QED) is 0.600. The highest BCUT2D eigenvalue weighted by atomic mass is 16.5. The summed E-state index contributed by atoms with van der Waals surface area (Å²) in [5, 5.41) is 3.46. The Hall–Kier alpha value is -0.770. The summed E-state index contributed by atoms with van der Waals surface area (Å²) in [6, 6.07) is 0.564. The predicted molar refractivity (Wildman–Crippen MR) is 73.4 cm³/mol. The van der Waals surface area contributed by atoms with Crippen LogP contribution < -0.4 is 11.1 Å². The Morgan fingerprint density at radius 3 is 2.61 bits per heavy atom. The number of amides is 1. The predicted octanol–water partition coefficient (Wildman–Crippen LogP) is 2.67. The highest BCUT2D eigenvalue weighted by molar-refractivity contribution is 5.64. The molecule has 0 aliphatic heterocycles. The van der Waals surface area contributed by atoms with Crippen LogP contribution in [0.3, 0.4) is 0 Å². The molecule has 0 saturated heterocycles. The first kappa shape index (κ1) is 15.3. The first-order valence-corrected chi connectivity index (χ1v) is 7.05. The van der Waals surface area contributed by atoms with Crippen molar-refractivity contribution in [2.75, 3.05) is 13.2 Å². The normalized spacial score (nSPS) is 25.5. The summed E-state index contributed by atoms with van der Waals surface area (Å²) in [5.74, 6) is 0.825. The van der Waals surface area contributed by atoms with Gasteiger partial charge in [0, 0.05) is 12.6 Å². The van der Waals surface area contributed by atoms with E-state index in [1.165, 1.54) is 32.1 Å². The fourth-order valence-corrected chi connectivity index (χ4v) is 2.79. The van der Waals surface area contributed by atoms with E-state index >= 15 is 0 Å². The molecular weight excluding hydrogens is 228 g/mol. The molecule has 4 heteroatoms. The van der Waals surface area contributed by atoms with Crippen molar-refractivity contribution in [3.63, 3.8) is 0 Å². The smallest absolute Gasteiger partial charge is 0.404 e. The molecule has 106 valence electrons. The van der Waals surface area contributed by atoms with Crippen LogP contribution >= 0.6 is 0 Å². The van der Waals surface area contributed by atoms with Gasteiger partial charge in [-0.15, -0.1) is 0 Å². The minimum Gasteiger partial charge on any atom is -0.448 e. The van der Waals surface area contributed by atoms with Crippen LogP contribution in [0.25, 0.3) is 0 Å². The van der Waals surface area contributed by atoms with Crippen molar-refractivity contribution in [3.05, 3.63) is 0 Å². The zero-order chi connectivity index (χ0) is 13.6. The Labute approximate surface area is 111 Å². The molecule has 18 heavy (non-hydrogen) atoms. The maximum atomic E-state index is 10.4. The fourth-order valence-electron chi connectivity index (χ4n) is 2.79. The van der Waals surface area contributed by atoms with Gasteiger partial charge in [0.25, 0.3) is 0 Å². The first-order chi connectivity index (χ1) is 8.39. The zero-order valence-electron chi connectivity index (χ0n) is 12.0. The number of rotatable bonds is 4. The highest BCUT2D eigenvalue weighted by Crippen LogP contribution is 2.36. The van der Waals surface area contributed by atoms with Crippen molar-refractivity contribution in [2.24, 2.45) is 17.1 Å². The molecule has 1 amide bonds. The van der Waals surface area contributed by atoms with E-state index in [0.29, 0.717) is 24.6 Å². The van der Waals surface area contributed by atoms with Crippen LogP contribution in [0, 0.1) is 11.3 Å². The van der Waals surface area contributed by atoms with Gasteiger partial charge in [0.1, 0.15) is 6.61 Å². The molecule has 1 rings (SSSR count). The number of hydrogen-bond acceptors (Lipinski definition) is 3. The van der Waals surface area contributed by atoms with Gasteiger partial charge >= 0.3 is 6.09 Å². The molecule has 0 heterocycles. The average molecular weight is 256 g/mol. The van der Waals surface area contributed by atoms with E-state index in [2.05, 4.69) is 26.1 Å². The van der Waals surface area contributed by atoms with E-state index in [4.69, 9.17) is 10.5 Å². The Balaban J connectivity index is 2.23. The summed E-state index contributed by atoms with van der Waals surface area (Å²) in [7, 11) is 0. The molecule has 1 fully saturated rings. The van der Waals surface area contributed by atoms with Crippen molar-refractivity contribution in [3.8, 4) is 0 Å². The molecule has 3 N–H and O–H groups in total. The van der Waals surface area contributed by atoms with E-state index < -0.39 is 6.09 Å². The molecule has 2 atom stereocenters. The van der Waals surface area contributed by atoms with Crippen molar-refractivity contribution < 1.29 is 9.53 Å². The number of nitrogens with two attached hydrogens (primary N) is 1. The van der Waals surface area contributed by atoms with E-state index in [1.807, 2.05) is 0 Å². The van der Waals surface area contributed by atoms with Crippen LogP contribution in [0.2, 0.25) is 0 Å². The SMILES string of the molecule is CC(C)(C)C1CCCC(NCCOC(N)=O)CC1. The molecule has 1 saturated carbocycles. The summed E-state index contributed by atoms with van der Waals surface area (Å²) >= 11 is 0. The van der Waals surface area contributed by atoms with Crippen LogP contribution in [-0.2, 0) is 4.74 Å². The number of ether oxygens (including phenoxy) is 1. The van der Waals surface area contributed by atoms with Crippen molar-refractivity contribution in [1.82, 2.24) is 5.32 Å². The third-order valence-electron chi connectivity index (χ3n) is 3.97. The van der Waals surface area contributed by atoms with E-state index in [9.17, 15) is 4.79 Å². The minimum atomic E-state index is -0.689. The highest BCUT2D eigenvalue weighted by Gasteiger charge is 2.27. The lowest BCUT2D eigenvalue weighted by Gasteiger charge is -2.29. The second-order valence-corrected chi connectivity index (χ2v) is 6.39. The van der Waals surface area contributed by atoms with Crippen LogP contribution in [0.15, 0.2) is 0 Å². The van der Waals surface area contributed by atoms with Gasteiger partial charge in [0.2, 0.25) is 0 Å². The monoisotopic (exact) mass is 256 g/mol. The topological polar surface area (TPSA) is 64.3 Å². The Bertz CT molecular complexity index is 261. The van der Waals surface area contributed by atoms with Gasteiger partial charge in [-0.3, -0.25) is 0 Å². The maximum Gasteiger partial charge on any atom is 0.404 e. The molecule has 4 nitrogen and oxygen atoms in total. The number of hydrogen-bond donors (Lipinski definition) is 2. The maximum absolute atomic E-state index is 10.4. The molecular formula is C14H28N2O2. The number of carbonyl (C=O) groups excluding carboxylic acids is 1. The Morgan fingerprint density at radius 1 is 1.28 bits per heavy atom. The molecule has 0 spiro atoms. The lowest BCUT2D eigenvalue weighted by molar-refractivity contribution is 0.155. The van der Waals surface area contributed by atoms with Gasteiger partial charge in [-0.1, -0.05) is 27.2 Å². The second-order valence-electron chi connectivity index (χ2n) is 6.39. The van der Waals surface area contributed by atoms with Crippen molar-refractivity contribution >= 4 is 6.09 Å². The molecule has 1 aliphatic carbocycles. The van der Waals surface area contributed by atoms with Gasteiger partial charge in [-0.2, -0.15) is 0 Å². The average Bonchev–Trinajstić information content (AvgIpc) is 2.48. The molecule has 0 aromatic heterocycles. The van der Waals surface area contributed by atoms with Gasteiger partial charge in [0.05, 0.1) is 0 Å². The lowest BCUT2D eigenvalue weighted by Crippen LogP contribution is -2.32. The minimum absolute atomic E-state index is 0.370. The summed E-state index contributed by atoms with van der Waals surface area (Å²) < 4.78 is 4.72. The van der Waals surface area contributed by atoms with E-state index in [-0.39, 0.29) is 0 Å². The summed E-state index contributed by atoms with van der Waals surface area (Å²) in [4.78, 5) is 10.4. The molecule has 0 bridgehead atoms. The van der Waals surface area contributed by atoms with Crippen LogP contribution in [0.1, 0.15) is 52.9 Å². The summed E-state index contributed by atoms with van der Waals surface area (Å²) in [6.45, 7) is 8.09. The molecule has 0 aromatic rings. The summed E-state index contributed by atoms with van der Waals surface area (Å²) in [5.41, 5.74) is 5.33. The zero-order valence-corrected chi connectivity index (χ0v) is 12.0. The number of primary amides is 1. The third kappa shape index (κ3) is 5.71. The van der Waals surface area contributed by atoms with Gasteiger partial charge in [-0.05, 0) is 37.0 Å². The molecule has 0 radical (unpaired) electrons. The third-order valence-corrected chi connectivity index (χ3v) is 3.97. The van der Waals surface area contributed by atoms with Crippen molar-refractivity contribution in [1.29, 1.82) is 0 Å². The lowest BCUT2D eigenvalue weighted by atomic mass is 9.76. The summed E-state index contributed by atoms with van der Waals surface area (Å²) in [6.07, 6.45) is 5.67. The van der Waals surface area contributed by atoms with Crippen LogP contribution in [0.5, 0.6) is 0 Å². The van der Waals surface area contributed by atoms with Gasteiger partial charge < -0.3 is 15.8 Å². The molecule has 1 aliphatic rings. The standard InChI is InChI=1S/C14H28N2O2/c1-14(2,3)11-5-4-6-12(8-7-11)16-9-10-18-13(15)17/h11-12,16H,4-10H2,1-3H3,(H2,15,17). The second kappa shape index (κ2) is 6.98. The molecule has 0 aromatic carbocycles. The van der Waals surface area contributed by atoms with E-state index in [1.54, 1.807) is 0 Å². The Morgan fingerprint density at radius 2 is 2.00 bits per heavy atom. The largest absolute Gasteiger partial charge is 0.448 e. The first-order valence-electron chi connectivity index (χ1n) is 7.05. The van der Waals surface area contributed by atoms with E-state index in [0.717, 1.165) is 5.92 Å². The number of carbonyl (C=O) groups is 1. The van der Waals surface area contributed by atoms with Crippen LogP contribution in [-0.4, -0.2) is 25.3 Å². The Kier molecular flexibility index (Phi) is 5.93. The van der Waals surface area contributed by atoms with Crippen LogP contribution in [0.4, 0.5) is 4.79 Å². The van der Waals surface area contributed by atoms with Gasteiger partial charge in [0.15, 0.2) is 0 Å². The number of nitrogens with one attached hydrogen (secondary N) is 1. The fraction of sp³-hybridized carbons (Fsp3) is 0.929. The van der Waals surface area contributed by atoms with Gasteiger partial charge in [-0.25, -0.2) is 4.79 Å².